The molecule has 0 aliphatic carbocycles. The maximum Gasteiger partial charge on any atom is 0.123 e. The van der Waals surface area contributed by atoms with Gasteiger partial charge in [0.05, 0.1) is 12.2 Å². The monoisotopic (exact) mass is 518 g/mol. The Bertz CT molecular complexity index is 1080. The van der Waals surface area contributed by atoms with Crippen molar-refractivity contribution in [3.05, 3.63) is 95.8 Å². The number of rotatable bonds is 13. The number of benzene rings is 3. The molecule has 204 valence electrons. The van der Waals surface area contributed by atoms with Gasteiger partial charge in [0.1, 0.15) is 11.6 Å². The standard InChI is InChI=1S/C33H43FN2O2/c1-3-5-20-33(37,28-12-18-31(19-13-28)38-25-6-4-2)32(27-10-8-7-9-11-27)26-35-21-23-36(24-22-35)30-16-14-29(34)15-17-30/h7-19,32,37H,3-6,20-26H2,1-2H3/t32-,33+/m1/s1. The zero-order valence-electron chi connectivity index (χ0n) is 23.0. The van der Waals surface area contributed by atoms with Crippen molar-refractivity contribution in [2.75, 3.05) is 44.2 Å². The van der Waals surface area contributed by atoms with Gasteiger partial charge in [-0.3, -0.25) is 4.90 Å². The summed E-state index contributed by atoms with van der Waals surface area (Å²) in [6, 6.07) is 25.4. The lowest BCUT2D eigenvalue weighted by atomic mass is 9.74. The molecular weight excluding hydrogens is 475 g/mol. The number of ether oxygens (including phenoxy) is 1. The summed E-state index contributed by atoms with van der Waals surface area (Å²) >= 11 is 0. The molecule has 5 heteroatoms. The zero-order valence-corrected chi connectivity index (χ0v) is 23.0. The smallest absolute Gasteiger partial charge is 0.123 e. The Hall–Kier alpha value is -2.89. The summed E-state index contributed by atoms with van der Waals surface area (Å²) in [6.45, 7) is 9.38. The van der Waals surface area contributed by atoms with Crippen LogP contribution in [0.5, 0.6) is 5.75 Å². The summed E-state index contributed by atoms with van der Waals surface area (Å²) in [5.74, 6) is 0.581. The van der Waals surface area contributed by atoms with E-state index in [0.717, 1.165) is 81.0 Å². The van der Waals surface area contributed by atoms with Gasteiger partial charge in [-0.05, 0) is 60.4 Å². The summed E-state index contributed by atoms with van der Waals surface area (Å²) in [7, 11) is 0. The molecule has 0 saturated carbocycles. The van der Waals surface area contributed by atoms with Crippen molar-refractivity contribution in [2.45, 2.75) is 57.5 Å². The van der Waals surface area contributed by atoms with Gasteiger partial charge in [0.2, 0.25) is 0 Å². The molecule has 3 aromatic carbocycles. The van der Waals surface area contributed by atoms with Gasteiger partial charge in [-0.2, -0.15) is 0 Å². The maximum absolute atomic E-state index is 13.4. The lowest BCUT2D eigenvalue weighted by molar-refractivity contribution is -0.0153. The van der Waals surface area contributed by atoms with Gasteiger partial charge in [-0.15, -0.1) is 0 Å². The maximum atomic E-state index is 13.4. The molecule has 0 bridgehead atoms. The minimum atomic E-state index is -0.993. The fourth-order valence-corrected chi connectivity index (χ4v) is 5.46. The minimum Gasteiger partial charge on any atom is -0.494 e. The molecule has 38 heavy (non-hydrogen) atoms. The van der Waals surface area contributed by atoms with Crippen molar-refractivity contribution in [2.24, 2.45) is 0 Å². The molecule has 0 aromatic heterocycles. The number of unbranched alkanes of at least 4 members (excludes halogenated alkanes) is 2. The summed E-state index contributed by atoms with van der Waals surface area (Å²) < 4.78 is 19.3. The third kappa shape index (κ3) is 7.15. The highest BCUT2D eigenvalue weighted by Crippen LogP contribution is 2.42. The van der Waals surface area contributed by atoms with E-state index >= 15 is 0 Å². The van der Waals surface area contributed by atoms with Crippen LogP contribution in [0.3, 0.4) is 0 Å². The number of piperazine rings is 1. The molecule has 4 nitrogen and oxygen atoms in total. The van der Waals surface area contributed by atoms with Crippen molar-refractivity contribution in [1.29, 1.82) is 0 Å². The quantitative estimate of drug-likeness (QED) is 0.248. The summed E-state index contributed by atoms with van der Waals surface area (Å²) in [6.07, 6.45) is 4.82. The van der Waals surface area contributed by atoms with Crippen LogP contribution in [0.25, 0.3) is 0 Å². The summed E-state index contributed by atoms with van der Waals surface area (Å²) in [5, 5.41) is 12.5. The van der Waals surface area contributed by atoms with Crippen molar-refractivity contribution in [1.82, 2.24) is 4.90 Å². The van der Waals surface area contributed by atoms with Crippen LogP contribution in [0, 0.1) is 5.82 Å². The third-order valence-electron chi connectivity index (χ3n) is 7.82. The van der Waals surface area contributed by atoms with E-state index in [1.807, 2.05) is 30.3 Å². The van der Waals surface area contributed by atoms with E-state index in [-0.39, 0.29) is 11.7 Å². The molecule has 1 saturated heterocycles. The molecule has 0 spiro atoms. The Labute approximate surface area is 228 Å². The Morgan fingerprint density at radius 3 is 2.13 bits per heavy atom. The molecule has 3 aromatic rings. The zero-order chi connectivity index (χ0) is 26.8. The first kappa shape index (κ1) is 28.1. The first-order valence-electron chi connectivity index (χ1n) is 14.3. The average Bonchev–Trinajstić information content (AvgIpc) is 2.96. The lowest BCUT2D eigenvalue weighted by Gasteiger charge is -2.43. The number of halogens is 1. The first-order chi connectivity index (χ1) is 18.5. The van der Waals surface area contributed by atoms with Crippen LogP contribution in [-0.4, -0.2) is 49.3 Å². The molecule has 1 fully saturated rings. The fraction of sp³-hybridized carbons (Fsp3) is 0.455. The number of hydrogen-bond donors (Lipinski definition) is 1. The number of nitrogens with zero attached hydrogens (tertiary/aromatic N) is 2. The summed E-state index contributed by atoms with van der Waals surface area (Å²) in [5.41, 5.74) is 2.18. The molecule has 1 aliphatic rings. The Kier molecular flexibility index (Phi) is 10.2. The largest absolute Gasteiger partial charge is 0.494 e. The Balaban J connectivity index is 1.55. The van der Waals surface area contributed by atoms with Gasteiger partial charge in [0.25, 0.3) is 0 Å². The Morgan fingerprint density at radius 1 is 0.842 bits per heavy atom. The average molecular weight is 519 g/mol. The van der Waals surface area contributed by atoms with Crippen LogP contribution >= 0.6 is 0 Å². The van der Waals surface area contributed by atoms with Gasteiger partial charge in [0.15, 0.2) is 0 Å². The second kappa shape index (κ2) is 13.8. The number of aliphatic hydroxyl groups is 1. The van der Waals surface area contributed by atoms with Crippen LogP contribution in [-0.2, 0) is 5.60 Å². The fourth-order valence-electron chi connectivity index (χ4n) is 5.46. The molecule has 1 heterocycles. The van der Waals surface area contributed by atoms with Crippen LogP contribution in [0.15, 0.2) is 78.9 Å². The Morgan fingerprint density at radius 2 is 1.50 bits per heavy atom. The van der Waals surface area contributed by atoms with E-state index in [2.05, 4.69) is 60.0 Å². The molecule has 0 amide bonds. The lowest BCUT2D eigenvalue weighted by Crippen LogP contribution is -2.50. The number of anilines is 1. The van der Waals surface area contributed by atoms with Gasteiger partial charge >= 0.3 is 0 Å². The van der Waals surface area contributed by atoms with Crippen molar-refractivity contribution in [3.8, 4) is 5.75 Å². The first-order valence-corrected chi connectivity index (χ1v) is 14.3. The van der Waals surface area contributed by atoms with Gasteiger partial charge in [-0.1, -0.05) is 75.6 Å². The van der Waals surface area contributed by atoms with Crippen LogP contribution < -0.4 is 9.64 Å². The van der Waals surface area contributed by atoms with Crippen molar-refractivity contribution < 1.29 is 14.2 Å². The predicted octanol–water partition coefficient (Wildman–Crippen LogP) is 6.99. The van der Waals surface area contributed by atoms with Crippen molar-refractivity contribution in [3.63, 3.8) is 0 Å². The molecular formula is C33H43FN2O2. The van der Waals surface area contributed by atoms with Crippen molar-refractivity contribution >= 4 is 5.69 Å². The highest BCUT2D eigenvalue weighted by molar-refractivity contribution is 5.46. The van der Waals surface area contributed by atoms with Crippen LogP contribution in [0.2, 0.25) is 0 Å². The van der Waals surface area contributed by atoms with E-state index in [1.165, 1.54) is 12.1 Å². The molecule has 0 unspecified atom stereocenters. The number of hydrogen-bond acceptors (Lipinski definition) is 4. The van der Waals surface area contributed by atoms with Gasteiger partial charge in [-0.25, -0.2) is 4.39 Å². The topological polar surface area (TPSA) is 35.9 Å². The normalized spacial score (nSPS) is 16.7. The van der Waals surface area contributed by atoms with E-state index in [4.69, 9.17) is 4.74 Å². The predicted molar refractivity (Wildman–Crippen MR) is 155 cm³/mol. The molecule has 2 atom stereocenters. The highest BCUT2D eigenvalue weighted by atomic mass is 19.1. The highest BCUT2D eigenvalue weighted by Gasteiger charge is 2.40. The minimum absolute atomic E-state index is 0.0699. The summed E-state index contributed by atoms with van der Waals surface area (Å²) in [4.78, 5) is 4.78. The second-order valence-electron chi connectivity index (χ2n) is 10.5. The van der Waals surface area contributed by atoms with E-state index in [0.29, 0.717) is 13.0 Å². The van der Waals surface area contributed by atoms with E-state index in [1.54, 1.807) is 0 Å². The molecule has 1 aliphatic heterocycles. The molecule has 1 N–H and O–H groups in total. The van der Waals surface area contributed by atoms with Gasteiger partial charge < -0.3 is 14.7 Å². The van der Waals surface area contributed by atoms with E-state index in [9.17, 15) is 9.50 Å². The van der Waals surface area contributed by atoms with E-state index < -0.39 is 5.60 Å². The third-order valence-corrected chi connectivity index (χ3v) is 7.82. The van der Waals surface area contributed by atoms with Gasteiger partial charge in [0, 0.05) is 44.3 Å². The SMILES string of the molecule is CCCCOc1ccc([C@@](O)(CCCC)[C@H](CN2CCN(c3ccc(F)cc3)CC2)c2ccccc2)cc1. The molecule has 4 rings (SSSR count). The van der Waals surface area contributed by atoms with Crippen LogP contribution in [0.1, 0.15) is 63.0 Å². The molecule has 0 radical (unpaired) electrons. The van der Waals surface area contributed by atoms with Crippen LogP contribution in [0.4, 0.5) is 10.1 Å². The second-order valence-corrected chi connectivity index (χ2v) is 10.5.